The summed E-state index contributed by atoms with van der Waals surface area (Å²) in [6.45, 7) is 9.31. The lowest BCUT2D eigenvalue weighted by molar-refractivity contribution is -0.189. The predicted octanol–water partition coefficient (Wildman–Crippen LogP) is 7.93. The number of hydrogen-bond donors (Lipinski definition) is 0. The van der Waals surface area contributed by atoms with E-state index in [-0.39, 0.29) is 6.10 Å². The van der Waals surface area contributed by atoms with Gasteiger partial charge in [-0.2, -0.15) is 0 Å². The lowest BCUT2D eigenvalue weighted by Gasteiger charge is -2.37. The number of imidazole rings is 1. The number of hydrogen-bond acceptors (Lipinski definition) is 8. The van der Waals surface area contributed by atoms with E-state index in [2.05, 4.69) is 81.2 Å². The second-order valence-electron chi connectivity index (χ2n) is 12.4. The molecule has 2 saturated heterocycles. The molecule has 4 heterocycles. The molecule has 9 nitrogen and oxygen atoms in total. The van der Waals surface area contributed by atoms with Crippen LogP contribution in [0.2, 0.25) is 10.0 Å². The number of thiazole rings is 1. The van der Waals surface area contributed by atoms with Gasteiger partial charge in [-0.05, 0) is 74.0 Å². The lowest BCUT2D eigenvalue weighted by atomic mass is 10.1. The van der Waals surface area contributed by atoms with Crippen LogP contribution in [0.3, 0.4) is 0 Å². The SMILES string of the molecule is CCC(C)n1ccsc1=Nc1ccc(N2CCN(c3ccc(OCC4COC(Cn5ccnc5)(c5ccc(Cl)cc5Cl)O4)cc3)CC2)cc1. The summed E-state index contributed by atoms with van der Waals surface area (Å²) in [6, 6.07) is 22.7. The Labute approximate surface area is 300 Å². The number of anilines is 2. The monoisotopic (exact) mass is 718 g/mol. The minimum atomic E-state index is -1.08. The summed E-state index contributed by atoms with van der Waals surface area (Å²) in [5.74, 6) is -0.300. The first-order valence-electron chi connectivity index (χ1n) is 16.7. The van der Waals surface area contributed by atoms with Crippen molar-refractivity contribution in [2.24, 2.45) is 4.99 Å². The highest BCUT2D eigenvalue weighted by Crippen LogP contribution is 2.40. The predicted molar refractivity (Wildman–Crippen MR) is 197 cm³/mol. The zero-order valence-corrected chi connectivity index (χ0v) is 29.9. The second kappa shape index (κ2) is 15.0. The molecule has 0 N–H and O–H groups in total. The van der Waals surface area contributed by atoms with E-state index in [4.69, 9.17) is 42.4 Å². The molecule has 0 saturated carbocycles. The average molecular weight is 720 g/mol. The highest BCUT2D eigenvalue weighted by atomic mass is 35.5. The fourth-order valence-corrected chi connectivity index (χ4v) is 7.67. The van der Waals surface area contributed by atoms with Gasteiger partial charge in [0.05, 0.1) is 30.2 Å². The van der Waals surface area contributed by atoms with Crippen molar-refractivity contribution >= 4 is 51.6 Å². The van der Waals surface area contributed by atoms with Crippen LogP contribution in [0.4, 0.5) is 17.1 Å². The van der Waals surface area contributed by atoms with E-state index in [1.807, 2.05) is 29.0 Å². The Bertz CT molecular complexity index is 1890. The third-order valence-corrected chi connectivity index (χ3v) is 10.5. The van der Waals surface area contributed by atoms with Gasteiger partial charge in [0, 0.05) is 78.2 Å². The summed E-state index contributed by atoms with van der Waals surface area (Å²) in [6.07, 6.45) is 8.24. The molecule has 2 aromatic heterocycles. The molecule has 256 valence electrons. The van der Waals surface area contributed by atoms with Crippen molar-refractivity contribution in [2.45, 2.75) is 44.7 Å². The van der Waals surface area contributed by atoms with Crippen LogP contribution < -0.4 is 19.3 Å². The van der Waals surface area contributed by atoms with Gasteiger partial charge in [0.2, 0.25) is 5.79 Å². The molecule has 12 heteroatoms. The zero-order chi connectivity index (χ0) is 33.8. The highest BCUT2D eigenvalue weighted by Gasteiger charge is 2.45. The van der Waals surface area contributed by atoms with E-state index in [1.165, 1.54) is 11.4 Å². The Kier molecular flexibility index (Phi) is 10.3. The smallest absolute Gasteiger partial charge is 0.215 e. The van der Waals surface area contributed by atoms with Gasteiger partial charge in [0.1, 0.15) is 18.5 Å². The third-order valence-electron chi connectivity index (χ3n) is 9.19. The van der Waals surface area contributed by atoms with Gasteiger partial charge in [-0.1, -0.05) is 36.2 Å². The molecular weight excluding hydrogens is 679 g/mol. The summed E-state index contributed by atoms with van der Waals surface area (Å²) < 4.78 is 23.2. The first-order valence-corrected chi connectivity index (χ1v) is 18.3. The molecule has 0 amide bonds. The first-order chi connectivity index (χ1) is 23.9. The summed E-state index contributed by atoms with van der Waals surface area (Å²) >= 11 is 14.5. The quantitative estimate of drug-likeness (QED) is 0.138. The van der Waals surface area contributed by atoms with E-state index in [1.54, 1.807) is 36.0 Å². The molecule has 5 aromatic rings. The number of benzene rings is 3. The molecule has 2 fully saturated rings. The van der Waals surface area contributed by atoms with E-state index in [9.17, 15) is 0 Å². The van der Waals surface area contributed by atoms with Crippen LogP contribution in [0.1, 0.15) is 31.9 Å². The van der Waals surface area contributed by atoms with Gasteiger partial charge in [0.25, 0.3) is 0 Å². The molecule has 0 spiro atoms. The topological polar surface area (TPSA) is 69.3 Å². The van der Waals surface area contributed by atoms with E-state index in [0.717, 1.165) is 54.4 Å². The molecule has 3 atom stereocenters. The summed E-state index contributed by atoms with van der Waals surface area (Å²) in [5.41, 5.74) is 4.12. The number of rotatable bonds is 11. The number of piperazine rings is 1. The van der Waals surface area contributed by atoms with Crippen LogP contribution in [0.5, 0.6) is 5.75 Å². The molecule has 2 aliphatic rings. The van der Waals surface area contributed by atoms with E-state index < -0.39 is 5.79 Å². The van der Waals surface area contributed by atoms with Crippen LogP contribution >= 0.6 is 34.5 Å². The van der Waals surface area contributed by atoms with Crippen molar-refractivity contribution in [1.82, 2.24) is 14.1 Å². The fourth-order valence-electron chi connectivity index (χ4n) is 6.29. The van der Waals surface area contributed by atoms with Crippen molar-refractivity contribution in [3.8, 4) is 5.75 Å². The van der Waals surface area contributed by atoms with Crippen LogP contribution in [-0.2, 0) is 21.8 Å². The normalized spacial score (nSPS) is 20.6. The first kappa shape index (κ1) is 33.7. The van der Waals surface area contributed by atoms with Gasteiger partial charge in [-0.25, -0.2) is 9.98 Å². The summed E-state index contributed by atoms with van der Waals surface area (Å²) in [5, 5.41) is 3.14. The van der Waals surface area contributed by atoms with Gasteiger partial charge in [-0.15, -0.1) is 11.3 Å². The Morgan fingerprint density at radius 2 is 1.69 bits per heavy atom. The van der Waals surface area contributed by atoms with Crippen molar-refractivity contribution in [3.63, 3.8) is 0 Å². The van der Waals surface area contributed by atoms with Crippen LogP contribution in [0.15, 0.2) is 102 Å². The number of nitrogens with zero attached hydrogens (tertiary/aromatic N) is 6. The molecule has 0 aliphatic carbocycles. The maximum Gasteiger partial charge on any atom is 0.215 e. The molecule has 2 aliphatic heterocycles. The van der Waals surface area contributed by atoms with Crippen molar-refractivity contribution in [2.75, 3.05) is 49.2 Å². The molecular formula is C37H40Cl2N6O3S. The van der Waals surface area contributed by atoms with Crippen molar-refractivity contribution in [1.29, 1.82) is 0 Å². The van der Waals surface area contributed by atoms with Crippen LogP contribution in [-0.4, -0.2) is 59.6 Å². The Morgan fingerprint density at radius 1 is 0.980 bits per heavy atom. The maximum absolute atomic E-state index is 6.61. The average Bonchev–Trinajstić information content (AvgIpc) is 3.90. The largest absolute Gasteiger partial charge is 0.491 e. The van der Waals surface area contributed by atoms with Crippen LogP contribution in [0, 0.1) is 0 Å². The standard InChI is InChI=1S/C37H40Cl2N6O3S/c1-3-27(2)45-20-21-49-36(45)41-29-5-7-30(8-6-29)43-16-18-44(19-17-43)31-9-11-32(12-10-31)46-23-33-24-47-37(48-33,25-42-15-14-40-26-42)34-13-4-28(38)22-35(34)39/h4-15,20-22,26-27,33H,3,16-19,23-25H2,1-2H3. The van der Waals surface area contributed by atoms with Gasteiger partial charge in [0.15, 0.2) is 4.80 Å². The zero-order valence-electron chi connectivity index (χ0n) is 27.6. The van der Waals surface area contributed by atoms with Gasteiger partial charge < -0.3 is 33.1 Å². The number of aromatic nitrogens is 3. The Hall–Kier alpha value is -3.80. The molecule has 0 bridgehead atoms. The summed E-state index contributed by atoms with van der Waals surface area (Å²) in [4.78, 5) is 15.0. The molecule has 3 unspecified atom stereocenters. The lowest BCUT2D eigenvalue weighted by Crippen LogP contribution is -2.46. The van der Waals surface area contributed by atoms with Crippen molar-refractivity contribution in [3.05, 3.63) is 117 Å². The minimum absolute atomic E-state index is 0.289. The van der Waals surface area contributed by atoms with Gasteiger partial charge >= 0.3 is 0 Å². The molecule has 3 aromatic carbocycles. The summed E-state index contributed by atoms with van der Waals surface area (Å²) in [7, 11) is 0. The highest BCUT2D eigenvalue weighted by molar-refractivity contribution is 7.07. The van der Waals surface area contributed by atoms with Crippen LogP contribution in [0.25, 0.3) is 0 Å². The Balaban J connectivity index is 0.923. The molecule has 49 heavy (non-hydrogen) atoms. The van der Waals surface area contributed by atoms with Crippen molar-refractivity contribution < 1.29 is 14.2 Å². The second-order valence-corrected chi connectivity index (χ2v) is 14.1. The third kappa shape index (κ3) is 7.69. The minimum Gasteiger partial charge on any atom is -0.491 e. The molecule has 7 rings (SSSR count). The maximum atomic E-state index is 6.61. The Morgan fingerprint density at radius 3 is 2.35 bits per heavy atom. The van der Waals surface area contributed by atoms with E-state index in [0.29, 0.717) is 35.8 Å². The fraction of sp³-hybridized carbons (Fsp3) is 0.351. The number of ether oxygens (including phenoxy) is 3. The molecule has 0 radical (unpaired) electrons. The van der Waals surface area contributed by atoms with E-state index >= 15 is 0 Å². The van der Waals surface area contributed by atoms with Gasteiger partial charge in [-0.3, -0.25) is 0 Å². The number of halogens is 2.